The molecule has 0 aliphatic carbocycles. The van der Waals surface area contributed by atoms with Crippen LogP contribution in [0.4, 0.5) is 0 Å². The second kappa shape index (κ2) is 4.98. The van der Waals surface area contributed by atoms with Crippen LogP contribution < -0.4 is 0 Å². The van der Waals surface area contributed by atoms with Gasteiger partial charge < -0.3 is 4.79 Å². The topological polar surface area (TPSA) is 17.1 Å². The predicted octanol–water partition coefficient (Wildman–Crippen LogP) is 2.34. The molecule has 1 nitrogen and oxygen atoms in total. The van der Waals surface area contributed by atoms with Gasteiger partial charge in [0.25, 0.3) is 0 Å². The van der Waals surface area contributed by atoms with E-state index in [1.165, 1.54) is 5.57 Å². The Morgan fingerprint density at radius 3 is 2.40 bits per heavy atom. The molecule has 0 amide bonds. The zero-order valence-corrected chi connectivity index (χ0v) is 6.79. The molecule has 0 radical (unpaired) electrons. The summed E-state index contributed by atoms with van der Waals surface area (Å²) in [7, 11) is 0. The molecule has 56 valence electrons. The second-order valence-corrected chi connectivity index (χ2v) is 2.62. The molecule has 0 aromatic heterocycles. The van der Waals surface area contributed by atoms with Crippen LogP contribution >= 0.6 is 0 Å². The molecule has 1 atom stereocenters. The van der Waals surface area contributed by atoms with Crippen molar-refractivity contribution in [1.29, 1.82) is 0 Å². The van der Waals surface area contributed by atoms with Crippen molar-refractivity contribution in [3.63, 3.8) is 0 Å². The lowest BCUT2D eigenvalue weighted by atomic mass is 10.2. The summed E-state index contributed by atoms with van der Waals surface area (Å²) in [6.07, 6.45) is 6.70. The Balaban J connectivity index is 3.76. The first kappa shape index (κ1) is 9.15. The van der Waals surface area contributed by atoms with E-state index in [1.54, 1.807) is 0 Å². The third-order valence-electron chi connectivity index (χ3n) is 1.06. The summed E-state index contributed by atoms with van der Waals surface area (Å²) in [5, 5.41) is 0. The van der Waals surface area contributed by atoms with Gasteiger partial charge in [0.05, 0.1) is 0 Å². The van der Waals surface area contributed by atoms with Crippen LogP contribution in [0.15, 0.2) is 23.8 Å². The molecule has 0 saturated carbocycles. The minimum absolute atomic E-state index is 0.0376. The highest BCUT2D eigenvalue weighted by Gasteiger charge is 1.87. The molecule has 10 heavy (non-hydrogen) atoms. The van der Waals surface area contributed by atoms with Crippen molar-refractivity contribution in [2.75, 3.05) is 0 Å². The van der Waals surface area contributed by atoms with Crippen LogP contribution in [0.25, 0.3) is 0 Å². The Morgan fingerprint density at radius 1 is 1.40 bits per heavy atom. The molecular formula is C9H14O. The summed E-state index contributed by atoms with van der Waals surface area (Å²) in [6.45, 7) is 5.91. The smallest absolute Gasteiger partial charge is 0.126 e. The molecule has 0 fully saturated rings. The molecule has 0 aliphatic rings. The maximum atomic E-state index is 10.1. The summed E-state index contributed by atoms with van der Waals surface area (Å²) in [5.41, 5.74) is 1.24. The predicted molar refractivity (Wildman–Crippen MR) is 43.8 cm³/mol. The Labute approximate surface area is 62.4 Å². The molecule has 0 rings (SSSR count). The highest BCUT2D eigenvalue weighted by atomic mass is 16.1. The summed E-state index contributed by atoms with van der Waals surface area (Å²) in [4.78, 5) is 10.1. The van der Waals surface area contributed by atoms with Crippen LogP contribution in [-0.2, 0) is 4.79 Å². The third kappa shape index (κ3) is 5.29. The van der Waals surface area contributed by atoms with Crippen LogP contribution in [0.1, 0.15) is 20.8 Å². The molecule has 0 aliphatic heterocycles. The van der Waals surface area contributed by atoms with E-state index in [0.29, 0.717) is 0 Å². The van der Waals surface area contributed by atoms with Crippen molar-refractivity contribution in [2.45, 2.75) is 20.8 Å². The molecule has 1 heteroatoms. The zero-order chi connectivity index (χ0) is 7.98. The van der Waals surface area contributed by atoms with Gasteiger partial charge >= 0.3 is 0 Å². The van der Waals surface area contributed by atoms with Crippen LogP contribution in [0.3, 0.4) is 0 Å². The third-order valence-corrected chi connectivity index (χ3v) is 1.06. The molecule has 0 N–H and O–H groups in total. The largest absolute Gasteiger partial charge is 0.303 e. The summed E-state index contributed by atoms with van der Waals surface area (Å²) in [5.74, 6) is 0.0376. The minimum Gasteiger partial charge on any atom is -0.303 e. The van der Waals surface area contributed by atoms with Gasteiger partial charge in [-0.3, -0.25) is 0 Å². The van der Waals surface area contributed by atoms with Crippen molar-refractivity contribution in [3.05, 3.63) is 23.8 Å². The van der Waals surface area contributed by atoms with E-state index >= 15 is 0 Å². The summed E-state index contributed by atoms with van der Waals surface area (Å²) >= 11 is 0. The fourth-order valence-corrected chi connectivity index (χ4v) is 0.469. The monoisotopic (exact) mass is 138 g/mol. The van der Waals surface area contributed by atoms with Crippen molar-refractivity contribution >= 4 is 6.29 Å². The average Bonchev–Trinajstić information content (AvgIpc) is 1.87. The van der Waals surface area contributed by atoms with Gasteiger partial charge in [0.1, 0.15) is 6.29 Å². The number of allylic oxidation sites excluding steroid dienone is 4. The highest BCUT2D eigenvalue weighted by Crippen LogP contribution is 1.94. The van der Waals surface area contributed by atoms with Gasteiger partial charge in [0.15, 0.2) is 0 Å². The first-order chi connectivity index (χ1) is 4.66. The zero-order valence-electron chi connectivity index (χ0n) is 6.79. The van der Waals surface area contributed by atoms with Crippen LogP contribution in [0.2, 0.25) is 0 Å². The molecule has 0 saturated heterocycles. The fraction of sp³-hybridized carbons (Fsp3) is 0.444. The maximum Gasteiger partial charge on any atom is 0.126 e. The Hall–Kier alpha value is -0.850. The molecule has 0 aromatic rings. The minimum atomic E-state index is 0.0376. The maximum absolute atomic E-state index is 10.1. The molecule has 0 bridgehead atoms. The number of carbonyl (C=O) groups excluding carboxylic acids is 1. The van der Waals surface area contributed by atoms with E-state index in [9.17, 15) is 4.79 Å². The lowest BCUT2D eigenvalue weighted by Crippen LogP contribution is -1.87. The van der Waals surface area contributed by atoms with Crippen LogP contribution in [0, 0.1) is 5.92 Å². The lowest BCUT2D eigenvalue weighted by molar-refractivity contribution is -0.109. The SMILES string of the molecule is CC(C)=CC=CC(C)C=O. The lowest BCUT2D eigenvalue weighted by Gasteiger charge is -1.89. The number of rotatable bonds is 3. The number of carbonyl (C=O) groups is 1. The molecule has 1 unspecified atom stereocenters. The normalized spacial score (nSPS) is 13.1. The van der Waals surface area contributed by atoms with Crippen molar-refractivity contribution in [2.24, 2.45) is 5.92 Å². The van der Waals surface area contributed by atoms with E-state index in [2.05, 4.69) is 0 Å². The second-order valence-electron chi connectivity index (χ2n) is 2.62. The van der Waals surface area contributed by atoms with Gasteiger partial charge in [-0.25, -0.2) is 0 Å². The standard InChI is InChI=1S/C9H14O/c1-8(2)5-4-6-9(3)7-10/h4-7,9H,1-3H3. The fourth-order valence-electron chi connectivity index (χ4n) is 0.469. The molecule has 0 heterocycles. The number of aldehydes is 1. The van der Waals surface area contributed by atoms with Crippen LogP contribution in [-0.4, -0.2) is 6.29 Å². The van der Waals surface area contributed by atoms with Crippen molar-refractivity contribution in [3.8, 4) is 0 Å². The van der Waals surface area contributed by atoms with E-state index in [4.69, 9.17) is 0 Å². The Bertz CT molecular complexity index is 150. The van der Waals surface area contributed by atoms with Gasteiger partial charge in [0.2, 0.25) is 0 Å². The van der Waals surface area contributed by atoms with E-state index in [1.807, 2.05) is 39.0 Å². The highest BCUT2D eigenvalue weighted by molar-refractivity contribution is 5.55. The summed E-state index contributed by atoms with van der Waals surface area (Å²) in [6, 6.07) is 0. The van der Waals surface area contributed by atoms with Gasteiger partial charge in [-0.15, -0.1) is 0 Å². The van der Waals surface area contributed by atoms with Gasteiger partial charge in [-0.05, 0) is 13.8 Å². The first-order valence-electron chi connectivity index (χ1n) is 3.44. The van der Waals surface area contributed by atoms with Gasteiger partial charge in [0, 0.05) is 5.92 Å². The van der Waals surface area contributed by atoms with E-state index in [-0.39, 0.29) is 5.92 Å². The summed E-state index contributed by atoms with van der Waals surface area (Å²) < 4.78 is 0. The van der Waals surface area contributed by atoms with E-state index in [0.717, 1.165) is 6.29 Å². The van der Waals surface area contributed by atoms with Crippen LogP contribution in [0.5, 0.6) is 0 Å². The average molecular weight is 138 g/mol. The number of hydrogen-bond donors (Lipinski definition) is 0. The molecule has 0 aromatic carbocycles. The molecular weight excluding hydrogens is 124 g/mol. The quantitative estimate of drug-likeness (QED) is 0.432. The van der Waals surface area contributed by atoms with E-state index < -0.39 is 0 Å². The van der Waals surface area contributed by atoms with Gasteiger partial charge in [-0.2, -0.15) is 0 Å². The van der Waals surface area contributed by atoms with Crippen molar-refractivity contribution < 1.29 is 4.79 Å². The number of hydrogen-bond acceptors (Lipinski definition) is 1. The first-order valence-corrected chi connectivity index (χ1v) is 3.44. The Kier molecular flexibility index (Phi) is 4.55. The van der Waals surface area contributed by atoms with Gasteiger partial charge in [-0.1, -0.05) is 30.7 Å². The van der Waals surface area contributed by atoms with Crippen molar-refractivity contribution in [1.82, 2.24) is 0 Å². The Morgan fingerprint density at radius 2 is 2.00 bits per heavy atom. The molecule has 0 spiro atoms.